The monoisotopic (exact) mass is 159 g/mol. The zero-order valence-corrected chi connectivity index (χ0v) is 6.68. The average Bonchev–Trinajstić information content (AvgIpc) is 2.36. The molecule has 0 fully saturated rings. The van der Waals surface area contributed by atoms with Gasteiger partial charge in [-0.25, -0.2) is 5.10 Å². The molecular weight excluding hydrogens is 150 g/mol. The number of H-pyrrole nitrogens is 1. The van der Waals surface area contributed by atoms with Gasteiger partial charge in [-0.2, -0.15) is 10.1 Å². The maximum absolute atomic E-state index is 11.2. The van der Waals surface area contributed by atoms with Gasteiger partial charge < -0.3 is 4.55 Å². The second kappa shape index (κ2) is 3.03. The number of aromatic amines is 1. The topological polar surface area (TPSA) is 64.6 Å². The molecule has 1 unspecified atom stereocenters. The first kappa shape index (κ1) is 7.56. The van der Waals surface area contributed by atoms with E-state index in [0.717, 1.165) is 0 Å². The Morgan fingerprint density at radius 1 is 1.70 bits per heavy atom. The van der Waals surface area contributed by atoms with Crippen LogP contribution in [0.15, 0.2) is 11.5 Å². The molecule has 1 aromatic heterocycles. The Kier molecular flexibility index (Phi) is 2.29. The van der Waals surface area contributed by atoms with Crippen molar-refractivity contribution in [3.8, 4) is 0 Å². The summed E-state index contributed by atoms with van der Waals surface area (Å²) in [6.07, 6.45) is 1.36. The fraction of sp³-hybridized carbons (Fsp3) is 0.600. The molecule has 0 aliphatic rings. The smallest absolute Gasteiger partial charge is 0.338 e. The van der Waals surface area contributed by atoms with Crippen LogP contribution in [0, 0.1) is 0 Å². The molecule has 0 spiro atoms. The molecule has 10 heavy (non-hydrogen) atoms. The van der Waals surface area contributed by atoms with Gasteiger partial charge in [-0.05, 0) is 13.8 Å². The molecule has 0 saturated carbocycles. The number of hydrogen-bond donors (Lipinski definition) is 1. The highest BCUT2D eigenvalue weighted by Gasteiger charge is 2.17. The molecule has 4 nitrogen and oxygen atoms in total. The number of hydrogen-bond acceptors (Lipinski definition) is 3. The third-order valence-corrected chi connectivity index (χ3v) is 2.45. The lowest BCUT2D eigenvalue weighted by atomic mass is 10.6. The number of nitrogens with one attached hydrogen (secondary N) is 1. The van der Waals surface area contributed by atoms with Crippen molar-refractivity contribution in [1.82, 2.24) is 15.2 Å². The van der Waals surface area contributed by atoms with Crippen LogP contribution in [-0.2, 0) is 11.2 Å². The van der Waals surface area contributed by atoms with Crippen LogP contribution in [0.25, 0.3) is 0 Å². The number of rotatable bonds is 2. The number of aromatic nitrogens is 3. The van der Waals surface area contributed by atoms with Gasteiger partial charge >= 0.3 is 5.16 Å². The average molecular weight is 159 g/mol. The summed E-state index contributed by atoms with van der Waals surface area (Å²) >= 11 is -1.03. The molecule has 0 aromatic carbocycles. The summed E-state index contributed by atoms with van der Waals surface area (Å²) in [6, 6.07) is 0. The van der Waals surface area contributed by atoms with Crippen molar-refractivity contribution in [2.75, 3.05) is 0 Å². The molecule has 0 aliphatic carbocycles. The first-order valence-corrected chi connectivity index (χ1v) is 4.19. The Morgan fingerprint density at radius 3 is 2.80 bits per heavy atom. The Bertz CT molecular complexity index is 187. The Morgan fingerprint density at radius 2 is 2.40 bits per heavy atom. The van der Waals surface area contributed by atoms with Crippen LogP contribution in [0.2, 0.25) is 0 Å². The highest BCUT2D eigenvalue weighted by Crippen LogP contribution is 2.08. The first-order valence-electron chi connectivity index (χ1n) is 2.97. The van der Waals surface area contributed by atoms with Gasteiger partial charge in [-0.1, -0.05) is 0 Å². The summed E-state index contributed by atoms with van der Waals surface area (Å²) in [7, 11) is 0. The van der Waals surface area contributed by atoms with Gasteiger partial charge in [0, 0.05) is 11.2 Å². The van der Waals surface area contributed by atoms with Crippen molar-refractivity contribution in [3.63, 3.8) is 0 Å². The second-order valence-corrected chi connectivity index (χ2v) is 4.06. The van der Waals surface area contributed by atoms with Crippen LogP contribution in [-0.4, -0.2) is 25.0 Å². The Labute approximate surface area is 62.2 Å². The van der Waals surface area contributed by atoms with Gasteiger partial charge in [0.15, 0.2) is 0 Å². The second-order valence-electron chi connectivity index (χ2n) is 2.14. The van der Waals surface area contributed by atoms with Gasteiger partial charge in [0.25, 0.3) is 0 Å². The van der Waals surface area contributed by atoms with Crippen LogP contribution in [0.4, 0.5) is 0 Å². The molecule has 0 amide bonds. The van der Waals surface area contributed by atoms with E-state index in [-0.39, 0.29) is 5.25 Å². The van der Waals surface area contributed by atoms with E-state index >= 15 is 0 Å². The fourth-order valence-electron chi connectivity index (χ4n) is 0.514. The molecule has 1 aromatic rings. The molecule has 1 N–H and O–H groups in total. The number of nitrogens with zero attached hydrogens (tertiary/aromatic N) is 2. The van der Waals surface area contributed by atoms with Crippen molar-refractivity contribution < 1.29 is 4.55 Å². The van der Waals surface area contributed by atoms with Crippen molar-refractivity contribution in [2.24, 2.45) is 0 Å². The van der Waals surface area contributed by atoms with E-state index in [1.165, 1.54) is 6.33 Å². The summed E-state index contributed by atoms with van der Waals surface area (Å²) in [6.45, 7) is 3.75. The largest absolute Gasteiger partial charge is 0.609 e. The molecule has 0 radical (unpaired) electrons. The van der Waals surface area contributed by atoms with E-state index in [9.17, 15) is 4.55 Å². The Balaban J connectivity index is 2.68. The van der Waals surface area contributed by atoms with Gasteiger partial charge in [0.1, 0.15) is 11.6 Å². The summed E-state index contributed by atoms with van der Waals surface area (Å²) < 4.78 is 11.2. The van der Waals surface area contributed by atoms with E-state index in [2.05, 4.69) is 15.2 Å². The standard InChI is InChI=1S/C5H9N3OS/c1-4(2)10(9)5-6-3-7-8-5/h3-4H,1-2H3,(H,6,7,8). The lowest BCUT2D eigenvalue weighted by Crippen LogP contribution is -2.15. The minimum atomic E-state index is -1.03. The minimum Gasteiger partial charge on any atom is -0.609 e. The van der Waals surface area contributed by atoms with Crippen LogP contribution in [0.3, 0.4) is 0 Å². The summed E-state index contributed by atoms with van der Waals surface area (Å²) in [5, 5.41) is 6.70. The quantitative estimate of drug-likeness (QED) is 0.632. The fourth-order valence-corrected chi connectivity index (χ4v) is 1.25. The molecular formula is C5H9N3OS. The maximum atomic E-state index is 11.2. The molecule has 0 bridgehead atoms. The van der Waals surface area contributed by atoms with Crippen LogP contribution >= 0.6 is 0 Å². The van der Waals surface area contributed by atoms with Gasteiger partial charge in [-0.15, -0.1) is 0 Å². The summed E-state index contributed by atoms with van der Waals surface area (Å²) in [5.74, 6) is 0. The Hall–Kier alpha value is -0.550. The van der Waals surface area contributed by atoms with E-state index in [1.807, 2.05) is 13.8 Å². The van der Waals surface area contributed by atoms with Crippen LogP contribution < -0.4 is 0 Å². The van der Waals surface area contributed by atoms with E-state index in [4.69, 9.17) is 0 Å². The molecule has 0 aliphatic heterocycles. The summed E-state index contributed by atoms with van der Waals surface area (Å²) in [5.41, 5.74) is 0. The zero-order valence-electron chi connectivity index (χ0n) is 5.87. The zero-order chi connectivity index (χ0) is 7.56. The van der Waals surface area contributed by atoms with Crippen molar-refractivity contribution >= 4 is 11.2 Å². The molecule has 1 heterocycles. The van der Waals surface area contributed by atoms with Gasteiger partial charge in [0.05, 0.1) is 0 Å². The lowest BCUT2D eigenvalue weighted by molar-refractivity contribution is 0.578. The lowest BCUT2D eigenvalue weighted by Gasteiger charge is -2.08. The molecule has 0 saturated heterocycles. The SMILES string of the molecule is CC(C)[S+]([O-])c1ncn[nH]1. The molecule has 1 atom stereocenters. The van der Waals surface area contributed by atoms with Crippen molar-refractivity contribution in [3.05, 3.63) is 6.33 Å². The van der Waals surface area contributed by atoms with Crippen LogP contribution in [0.1, 0.15) is 13.8 Å². The summed E-state index contributed by atoms with van der Waals surface area (Å²) in [4.78, 5) is 3.77. The van der Waals surface area contributed by atoms with Crippen molar-refractivity contribution in [2.45, 2.75) is 24.3 Å². The highest BCUT2D eigenvalue weighted by molar-refractivity contribution is 7.91. The van der Waals surface area contributed by atoms with Crippen molar-refractivity contribution in [1.29, 1.82) is 0 Å². The van der Waals surface area contributed by atoms with E-state index in [0.29, 0.717) is 5.16 Å². The normalized spacial score (nSPS) is 14.0. The van der Waals surface area contributed by atoms with E-state index < -0.39 is 11.2 Å². The van der Waals surface area contributed by atoms with E-state index in [1.54, 1.807) is 0 Å². The molecule has 1 rings (SSSR count). The third kappa shape index (κ3) is 1.48. The maximum Gasteiger partial charge on any atom is 0.338 e. The van der Waals surface area contributed by atoms with Gasteiger partial charge in [-0.3, -0.25) is 0 Å². The molecule has 5 heteroatoms. The predicted molar refractivity (Wildman–Crippen MR) is 37.9 cm³/mol. The minimum absolute atomic E-state index is 0.0907. The highest BCUT2D eigenvalue weighted by atomic mass is 32.2. The molecule has 56 valence electrons. The van der Waals surface area contributed by atoms with Gasteiger partial charge in [0.2, 0.25) is 0 Å². The third-order valence-electron chi connectivity index (χ3n) is 1.01. The predicted octanol–water partition coefficient (Wildman–Crippen LogP) is 0.321. The van der Waals surface area contributed by atoms with Crippen LogP contribution in [0.5, 0.6) is 0 Å². The first-order chi connectivity index (χ1) is 4.72.